The molecule has 158 valence electrons. The number of nitrogens with one attached hydrogen (secondary N) is 1. The van der Waals surface area contributed by atoms with Crippen LogP contribution >= 0.6 is 11.6 Å². The van der Waals surface area contributed by atoms with Crippen molar-refractivity contribution in [3.8, 4) is 5.75 Å². The summed E-state index contributed by atoms with van der Waals surface area (Å²) in [4.78, 5) is 12.4. The van der Waals surface area contributed by atoms with E-state index in [0.29, 0.717) is 16.4 Å². The molecule has 0 aliphatic carbocycles. The highest BCUT2D eigenvalue weighted by atomic mass is 35.5. The monoisotopic (exact) mass is 416 g/mol. The lowest BCUT2D eigenvalue weighted by Gasteiger charge is -2.30. The summed E-state index contributed by atoms with van der Waals surface area (Å²) in [6, 6.07) is 11.3. The molecule has 3 N–H and O–H groups in total. The molecule has 0 fully saturated rings. The number of hydrogen-bond donors (Lipinski definition) is 2. The molecule has 0 bridgehead atoms. The van der Waals surface area contributed by atoms with Gasteiger partial charge in [-0.1, -0.05) is 65.3 Å². The van der Waals surface area contributed by atoms with Gasteiger partial charge in [-0.05, 0) is 53.5 Å². The van der Waals surface area contributed by atoms with Gasteiger partial charge >= 0.3 is 0 Å². The molecule has 1 amide bonds. The standard InChI is InChI=1S/C24H33ClN2O2/c1-7-23(3,4)16-9-12-21(18(13-16)24(5,6)8-2)29-15-22(28)27-17-10-11-19(25)20(26)14-17/h9-14H,7-8,15,26H2,1-6H3,(H,27,28). The van der Waals surface area contributed by atoms with Crippen LogP contribution in [-0.2, 0) is 15.6 Å². The van der Waals surface area contributed by atoms with E-state index in [4.69, 9.17) is 22.1 Å². The normalized spacial score (nSPS) is 12.0. The number of carbonyl (C=O) groups is 1. The molecule has 4 nitrogen and oxygen atoms in total. The molecule has 0 aliphatic rings. The van der Waals surface area contributed by atoms with Gasteiger partial charge in [-0.2, -0.15) is 0 Å². The minimum atomic E-state index is -0.245. The summed E-state index contributed by atoms with van der Waals surface area (Å²) < 4.78 is 5.95. The Morgan fingerprint density at radius 1 is 1.03 bits per heavy atom. The van der Waals surface area contributed by atoms with Crippen molar-refractivity contribution in [1.82, 2.24) is 0 Å². The molecular weight excluding hydrogens is 384 g/mol. The van der Waals surface area contributed by atoms with Crippen molar-refractivity contribution in [2.45, 2.75) is 65.2 Å². The molecule has 2 aromatic rings. The first-order valence-corrected chi connectivity index (χ1v) is 10.5. The summed E-state index contributed by atoms with van der Waals surface area (Å²) in [6.07, 6.45) is 2.02. The van der Waals surface area contributed by atoms with E-state index in [-0.39, 0.29) is 23.3 Å². The molecule has 2 aromatic carbocycles. The van der Waals surface area contributed by atoms with Crippen LogP contribution in [0, 0.1) is 0 Å². The van der Waals surface area contributed by atoms with E-state index in [1.807, 2.05) is 6.07 Å². The number of nitrogens with two attached hydrogens (primary N) is 1. The third-order valence-electron chi connectivity index (χ3n) is 5.90. The van der Waals surface area contributed by atoms with Gasteiger partial charge in [0, 0.05) is 11.3 Å². The highest BCUT2D eigenvalue weighted by molar-refractivity contribution is 6.33. The largest absolute Gasteiger partial charge is 0.483 e. The van der Waals surface area contributed by atoms with E-state index in [0.717, 1.165) is 24.2 Å². The first-order chi connectivity index (χ1) is 13.5. The third kappa shape index (κ3) is 5.66. The van der Waals surface area contributed by atoms with E-state index in [1.165, 1.54) is 5.56 Å². The minimum Gasteiger partial charge on any atom is -0.483 e. The van der Waals surface area contributed by atoms with E-state index in [2.05, 4.69) is 59.0 Å². The first-order valence-electron chi connectivity index (χ1n) is 10.1. The van der Waals surface area contributed by atoms with Crippen molar-refractivity contribution in [1.29, 1.82) is 0 Å². The Morgan fingerprint density at radius 2 is 1.69 bits per heavy atom. The Hall–Kier alpha value is -2.20. The highest BCUT2D eigenvalue weighted by Gasteiger charge is 2.26. The van der Waals surface area contributed by atoms with Crippen LogP contribution in [0.1, 0.15) is 65.5 Å². The third-order valence-corrected chi connectivity index (χ3v) is 6.24. The lowest BCUT2D eigenvalue weighted by Crippen LogP contribution is -2.24. The van der Waals surface area contributed by atoms with Crippen LogP contribution in [0.2, 0.25) is 5.02 Å². The van der Waals surface area contributed by atoms with Gasteiger partial charge in [-0.15, -0.1) is 0 Å². The van der Waals surface area contributed by atoms with Gasteiger partial charge in [0.15, 0.2) is 6.61 Å². The second-order valence-corrected chi connectivity index (χ2v) is 9.17. The average molecular weight is 417 g/mol. The fourth-order valence-corrected chi connectivity index (χ4v) is 3.08. The molecule has 2 rings (SSSR count). The van der Waals surface area contributed by atoms with Gasteiger partial charge in [-0.25, -0.2) is 0 Å². The summed E-state index contributed by atoms with van der Waals surface area (Å²) in [5.74, 6) is 0.503. The molecule has 0 saturated carbocycles. The van der Waals surface area contributed by atoms with Crippen molar-refractivity contribution in [2.75, 3.05) is 17.7 Å². The lowest BCUT2D eigenvalue weighted by molar-refractivity contribution is -0.118. The average Bonchev–Trinajstić information content (AvgIpc) is 2.69. The number of amides is 1. The van der Waals surface area contributed by atoms with Crippen molar-refractivity contribution in [2.24, 2.45) is 0 Å². The van der Waals surface area contributed by atoms with Crippen molar-refractivity contribution in [3.63, 3.8) is 0 Å². The molecule has 0 unspecified atom stereocenters. The second kappa shape index (κ2) is 9.08. The van der Waals surface area contributed by atoms with Gasteiger partial charge < -0.3 is 15.8 Å². The quantitative estimate of drug-likeness (QED) is 0.495. The van der Waals surface area contributed by atoms with Crippen LogP contribution in [0.15, 0.2) is 36.4 Å². The van der Waals surface area contributed by atoms with Crippen LogP contribution in [0.5, 0.6) is 5.75 Å². The van der Waals surface area contributed by atoms with Crippen LogP contribution in [-0.4, -0.2) is 12.5 Å². The maximum atomic E-state index is 12.4. The summed E-state index contributed by atoms with van der Waals surface area (Å²) in [6.45, 7) is 13.2. The molecule has 29 heavy (non-hydrogen) atoms. The fraction of sp³-hybridized carbons (Fsp3) is 0.458. The molecular formula is C24H33ClN2O2. The number of benzene rings is 2. The molecule has 0 atom stereocenters. The Bertz CT molecular complexity index is 875. The van der Waals surface area contributed by atoms with Crippen molar-refractivity contribution < 1.29 is 9.53 Å². The van der Waals surface area contributed by atoms with E-state index >= 15 is 0 Å². The van der Waals surface area contributed by atoms with Crippen LogP contribution in [0.25, 0.3) is 0 Å². The number of anilines is 2. The number of hydrogen-bond acceptors (Lipinski definition) is 3. The zero-order chi connectivity index (χ0) is 21.8. The predicted octanol–water partition coefficient (Wildman–Crippen LogP) is 6.31. The Labute approximate surface area is 179 Å². The topological polar surface area (TPSA) is 64.3 Å². The van der Waals surface area contributed by atoms with E-state index < -0.39 is 0 Å². The van der Waals surface area contributed by atoms with Crippen molar-refractivity contribution >= 4 is 28.9 Å². The number of rotatable bonds is 8. The Kier molecular flexibility index (Phi) is 7.23. The van der Waals surface area contributed by atoms with Gasteiger partial charge in [0.25, 0.3) is 5.91 Å². The number of halogens is 1. The van der Waals surface area contributed by atoms with E-state index in [9.17, 15) is 4.79 Å². The van der Waals surface area contributed by atoms with Gasteiger partial charge in [0.1, 0.15) is 5.75 Å². The van der Waals surface area contributed by atoms with Crippen LogP contribution in [0.3, 0.4) is 0 Å². The fourth-order valence-electron chi connectivity index (χ4n) is 2.96. The second-order valence-electron chi connectivity index (χ2n) is 8.76. The highest BCUT2D eigenvalue weighted by Crippen LogP contribution is 2.38. The van der Waals surface area contributed by atoms with Gasteiger partial charge in [0.05, 0.1) is 10.7 Å². The minimum absolute atomic E-state index is 0.0593. The Morgan fingerprint density at radius 3 is 2.28 bits per heavy atom. The van der Waals surface area contributed by atoms with Crippen LogP contribution in [0.4, 0.5) is 11.4 Å². The molecule has 0 aromatic heterocycles. The number of ether oxygens (including phenoxy) is 1. The summed E-state index contributed by atoms with van der Waals surface area (Å²) in [5, 5.41) is 3.25. The molecule has 0 heterocycles. The number of carbonyl (C=O) groups excluding carboxylic acids is 1. The first kappa shape index (κ1) is 23.1. The maximum Gasteiger partial charge on any atom is 0.262 e. The van der Waals surface area contributed by atoms with Gasteiger partial charge in [0.2, 0.25) is 0 Å². The van der Waals surface area contributed by atoms with E-state index in [1.54, 1.807) is 18.2 Å². The lowest BCUT2D eigenvalue weighted by atomic mass is 9.76. The summed E-state index contributed by atoms with van der Waals surface area (Å²) in [5.41, 5.74) is 9.24. The SMILES string of the molecule is CCC(C)(C)c1ccc(OCC(=O)Nc2ccc(Cl)c(N)c2)c(C(C)(C)CC)c1. The zero-order valence-electron chi connectivity index (χ0n) is 18.4. The number of nitrogen functional groups attached to an aromatic ring is 1. The van der Waals surface area contributed by atoms with Crippen LogP contribution < -0.4 is 15.8 Å². The smallest absolute Gasteiger partial charge is 0.262 e. The molecule has 0 radical (unpaired) electrons. The van der Waals surface area contributed by atoms with Crippen molar-refractivity contribution in [3.05, 3.63) is 52.5 Å². The molecule has 0 saturated heterocycles. The van der Waals surface area contributed by atoms with Gasteiger partial charge in [-0.3, -0.25) is 4.79 Å². The Balaban J connectivity index is 2.20. The summed E-state index contributed by atoms with van der Waals surface area (Å²) >= 11 is 5.93. The zero-order valence-corrected chi connectivity index (χ0v) is 19.1. The summed E-state index contributed by atoms with van der Waals surface area (Å²) in [7, 11) is 0. The maximum absolute atomic E-state index is 12.4. The molecule has 0 aliphatic heterocycles. The predicted molar refractivity (Wildman–Crippen MR) is 123 cm³/mol. The molecule has 5 heteroatoms. The molecule has 0 spiro atoms.